The van der Waals surface area contributed by atoms with Crippen molar-refractivity contribution in [3.05, 3.63) is 59.2 Å². The molecule has 0 aliphatic carbocycles. The Balaban J connectivity index is 1.47. The minimum absolute atomic E-state index is 0.0656. The molecule has 1 aliphatic rings. The summed E-state index contributed by atoms with van der Waals surface area (Å²) >= 11 is 1.30. The lowest BCUT2D eigenvalue weighted by molar-refractivity contribution is -0.117. The Labute approximate surface area is 162 Å². The lowest BCUT2D eigenvalue weighted by Crippen LogP contribution is -2.35. The number of thioether (sulfide) groups is 1. The predicted octanol–water partition coefficient (Wildman–Crippen LogP) is 4.42. The fourth-order valence-corrected chi connectivity index (χ4v) is 3.98. The average Bonchev–Trinajstić information content (AvgIpc) is 3.30. The Morgan fingerprint density at radius 3 is 2.78 bits per heavy atom. The van der Waals surface area contributed by atoms with Crippen molar-refractivity contribution >= 4 is 23.4 Å². The lowest BCUT2D eigenvalue weighted by Gasteiger charge is -2.20. The molecular formula is C21H21N3O2S. The van der Waals surface area contributed by atoms with E-state index in [4.69, 9.17) is 4.42 Å². The highest BCUT2D eigenvalue weighted by atomic mass is 32.2. The van der Waals surface area contributed by atoms with Gasteiger partial charge in [-0.1, -0.05) is 36.0 Å². The van der Waals surface area contributed by atoms with E-state index in [-0.39, 0.29) is 11.2 Å². The molecule has 27 heavy (non-hydrogen) atoms. The first-order chi connectivity index (χ1) is 13.0. The van der Waals surface area contributed by atoms with Crippen LogP contribution in [0.2, 0.25) is 0 Å². The van der Waals surface area contributed by atoms with Crippen molar-refractivity contribution < 1.29 is 9.21 Å². The second-order valence-electron chi connectivity index (χ2n) is 6.80. The number of amides is 1. The van der Waals surface area contributed by atoms with Crippen molar-refractivity contribution in [3.63, 3.8) is 0 Å². The van der Waals surface area contributed by atoms with Crippen molar-refractivity contribution in [2.45, 2.75) is 37.7 Å². The third kappa shape index (κ3) is 3.49. The van der Waals surface area contributed by atoms with E-state index < -0.39 is 0 Å². The van der Waals surface area contributed by atoms with Gasteiger partial charge in [-0.2, -0.15) is 0 Å². The van der Waals surface area contributed by atoms with Crippen LogP contribution in [-0.4, -0.2) is 27.9 Å². The van der Waals surface area contributed by atoms with Crippen molar-refractivity contribution in [3.8, 4) is 11.5 Å². The summed E-state index contributed by atoms with van der Waals surface area (Å²) in [4.78, 5) is 14.7. The minimum Gasteiger partial charge on any atom is -0.411 e. The zero-order chi connectivity index (χ0) is 19.0. The predicted molar refractivity (Wildman–Crippen MR) is 107 cm³/mol. The van der Waals surface area contributed by atoms with Crippen LogP contribution < -0.4 is 4.90 Å². The highest BCUT2D eigenvalue weighted by Crippen LogP contribution is 2.32. The van der Waals surface area contributed by atoms with Gasteiger partial charge in [0.25, 0.3) is 5.22 Å². The van der Waals surface area contributed by atoms with Gasteiger partial charge in [-0.15, -0.1) is 10.2 Å². The summed E-state index contributed by atoms with van der Waals surface area (Å²) < 4.78 is 5.79. The van der Waals surface area contributed by atoms with Gasteiger partial charge in [-0.25, -0.2) is 0 Å². The van der Waals surface area contributed by atoms with Crippen LogP contribution in [-0.2, 0) is 11.2 Å². The van der Waals surface area contributed by atoms with Crippen LogP contribution in [0.15, 0.2) is 52.1 Å². The molecule has 1 aliphatic heterocycles. The molecule has 1 unspecified atom stereocenters. The number of rotatable bonds is 4. The molecule has 5 nitrogen and oxygen atoms in total. The number of para-hydroxylation sites is 1. The topological polar surface area (TPSA) is 59.2 Å². The molecule has 2 heterocycles. The van der Waals surface area contributed by atoms with E-state index in [0.29, 0.717) is 11.1 Å². The number of hydrogen-bond acceptors (Lipinski definition) is 5. The van der Waals surface area contributed by atoms with E-state index in [1.807, 2.05) is 48.2 Å². The molecule has 138 valence electrons. The number of aryl methyl sites for hydroxylation is 2. The summed E-state index contributed by atoms with van der Waals surface area (Å²) in [5, 5.41) is 8.37. The highest BCUT2D eigenvalue weighted by molar-refractivity contribution is 8.00. The molecule has 2 aromatic carbocycles. The average molecular weight is 379 g/mol. The maximum Gasteiger partial charge on any atom is 0.277 e. The number of carbonyl (C=O) groups excluding carboxylic acids is 1. The number of fused-ring (bicyclic) bond motifs is 1. The first-order valence-corrected chi connectivity index (χ1v) is 9.88. The van der Waals surface area contributed by atoms with Crippen LogP contribution >= 0.6 is 11.8 Å². The zero-order valence-corrected chi connectivity index (χ0v) is 16.4. The summed E-state index contributed by atoms with van der Waals surface area (Å²) in [5.41, 5.74) is 5.52. The van der Waals surface area contributed by atoms with E-state index >= 15 is 0 Å². The molecule has 0 spiro atoms. The van der Waals surface area contributed by atoms with Gasteiger partial charge < -0.3 is 9.32 Å². The van der Waals surface area contributed by atoms with Crippen LogP contribution in [0.4, 0.5) is 5.69 Å². The number of anilines is 1. The van der Waals surface area contributed by atoms with Crippen LogP contribution in [0, 0.1) is 13.8 Å². The molecule has 0 radical (unpaired) electrons. The van der Waals surface area contributed by atoms with Gasteiger partial charge >= 0.3 is 0 Å². The molecule has 0 saturated heterocycles. The summed E-state index contributed by atoms with van der Waals surface area (Å²) in [6.07, 6.45) is 0.900. The van der Waals surface area contributed by atoms with Gasteiger partial charge in [0.15, 0.2) is 0 Å². The Morgan fingerprint density at radius 2 is 1.96 bits per heavy atom. The SMILES string of the molecule is Cc1ccc(-c2nnc(SC(C)C(=O)N3CCc4ccccc43)o2)cc1C. The van der Waals surface area contributed by atoms with Gasteiger partial charge in [-0.05, 0) is 62.1 Å². The normalized spacial score (nSPS) is 14.3. The van der Waals surface area contributed by atoms with E-state index in [1.54, 1.807) is 0 Å². The maximum absolute atomic E-state index is 12.9. The van der Waals surface area contributed by atoms with Crippen LogP contribution in [0.1, 0.15) is 23.6 Å². The maximum atomic E-state index is 12.9. The number of benzene rings is 2. The van der Waals surface area contributed by atoms with Crippen molar-refractivity contribution in [1.82, 2.24) is 10.2 Å². The summed E-state index contributed by atoms with van der Waals surface area (Å²) in [6, 6.07) is 14.1. The fraction of sp³-hybridized carbons (Fsp3) is 0.286. The largest absolute Gasteiger partial charge is 0.411 e. The van der Waals surface area contributed by atoms with Gasteiger partial charge in [0.1, 0.15) is 0 Å². The van der Waals surface area contributed by atoms with Crippen LogP contribution in [0.25, 0.3) is 11.5 Å². The molecule has 0 bridgehead atoms. The summed E-state index contributed by atoms with van der Waals surface area (Å²) in [5.74, 6) is 0.544. The molecule has 0 saturated carbocycles. The van der Waals surface area contributed by atoms with Gasteiger partial charge in [-0.3, -0.25) is 4.79 Å². The van der Waals surface area contributed by atoms with E-state index in [0.717, 1.165) is 24.2 Å². The Bertz CT molecular complexity index is 999. The second-order valence-corrected chi connectivity index (χ2v) is 8.09. The zero-order valence-electron chi connectivity index (χ0n) is 15.6. The third-order valence-corrected chi connectivity index (χ3v) is 5.86. The summed E-state index contributed by atoms with van der Waals surface area (Å²) in [7, 11) is 0. The molecule has 4 rings (SSSR count). The molecule has 0 N–H and O–H groups in total. The minimum atomic E-state index is -0.302. The quantitative estimate of drug-likeness (QED) is 0.628. The standard InChI is InChI=1S/C21H21N3O2S/c1-13-8-9-17(12-14(13)2)19-22-23-21(26-19)27-15(3)20(25)24-11-10-16-6-4-5-7-18(16)24/h4-9,12,15H,10-11H2,1-3H3. The molecule has 6 heteroatoms. The first kappa shape index (κ1) is 17.8. The second kappa shape index (κ2) is 7.19. The molecule has 1 amide bonds. The number of carbonyl (C=O) groups is 1. The van der Waals surface area contributed by atoms with E-state index in [1.165, 1.54) is 28.5 Å². The van der Waals surface area contributed by atoms with E-state index in [9.17, 15) is 4.79 Å². The van der Waals surface area contributed by atoms with Gasteiger partial charge in [0.2, 0.25) is 11.8 Å². The van der Waals surface area contributed by atoms with Gasteiger partial charge in [0, 0.05) is 17.8 Å². The molecular weight excluding hydrogens is 358 g/mol. The Kier molecular flexibility index (Phi) is 4.74. The molecule has 1 aromatic heterocycles. The fourth-order valence-electron chi connectivity index (χ4n) is 3.24. The Morgan fingerprint density at radius 1 is 1.15 bits per heavy atom. The van der Waals surface area contributed by atoms with Crippen LogP contribution in [0.5, 0.6) is 0 Å². The smallest absolute Gasteiger partial charge is 0.277 e. The number of hydrogen-bond donors (Lipinski definition) is 0. The molecule has 3 aromatic rings. The third-order valence-electron chi connectivity index (χ3n) is 4.94. The lowest BCUT2D eigenvalue weighted by atomic mass is 10.1. The van der Waals surface area contributed by atoms with E-state index in [2.05, 4.69) is 30.1 Å². The monoisotopic (exact) mass is 379 g/mol. The highest BCUT2D eigenvalue weighted by Gasteiger charge is 2.29. The Hall–Kier alpha value is -2.60. The van der Waals surface area contributed by atoms with Gasteiger partial charge in [0.05, 0.1) is 5.25 Å². The first-order valence-electron chi connectivity index (χ1n) is 9.00. The summed E-state index contributed by atoms with van der Waals surface area (Å²) in [6.45, 7) is 6.73. The van der Waals surface area contributed by atoms with Crippen molar-refractivity contribution in [1.29, 1.82) is 0 Å². The van der Waals surface area contributed by atoms with Crippen molar-refractivity contribution in [2.75, 3.05) is 11.4 Å². The van der Waals surface area contributed by atoms with Crippen molar-refractivity contribution in [2.24, 2.45) is 0 Å². The number of aromatic nitrogens is 2. The molecule has 0 fully saturated rings. The number of nitrogens with zero attached hydrogens (tertiary/aromatic N) is 3. The van der Waals surface area contributed by atoms with Crippen LogP contribution in [0.3, 0.4) is 0 Å². The molecule has 1 atom stereocenters.